The molecule has 5 heteroatoms. The Bertz CT molecular complexity index is 435. The number of rotatable bonds is 4. The molecule has 0 atom stereocenters. The van der Waals surface area contributed by atoms with E-state index in [0.717, 1.165) is 0 Å². The fourth-order valence-electron chi connectivity index (χ4n) is 1.53. The molecule has 1 N–H and O–H groups in total. The molecule has 0 fully saturated rings. The standard InChI is InChI=1S/C12H15FO4/c1-12(2,13)8-6-9(16-3)7(11(14)15)5-10(8)17-4/h5-6H,1-4H3,(H,14,15). The SMILES string of the molecule is COc1cc(C(C)(C)F)c(OC)cc1C(=O)O. The van der Waals surface area contributed by atoms with Crippen molar-refractivity contribution in [2.45, 2.75) is 19.5 Å². The number of hydrogen-bond donors (Lipinski definition) is 1. The Morgan fingerprint density at radius 3 is 2.12 bits per heavy atom. The number of aromatic carboxylic acids is 1. The number of carboxylic acids is 1. The van der Waals surface area contributed by atoms with Crippen molar-refractivity contribution < 1.29 is 23.8 Å². The Hall–Kier alpha value is -1.78. The van der Waals surface area contributed by atoms with Gasteiger partial charge in [-0.05, 0) is 26.0 Å². The van der Waals surface area contributed by atoms with Gasteiger partial charge >= 0.3 is 5.97 Å². The van der Waals surface area contributed by atoms with Gasteiger partial charge in [-0.15, -0.1) is 0 Å². The molecular formula is C12H15FO4. The summed E-state index contributed by atoms with van der Waals surface area (Å²) in [5.41, 5.74) is -1.45. The summed E-state index contributed by atoms with van der Waals surface area (Å²) >= 11 is 0. The summed E-state index contributed by atoms with van der Waals surface area (Å²) in [6.45, 7) is 2.73. The minimum Gasteiger partial charge on any atom is -0.496 e. The monoisotopic (exact) mass is 242 g/mol. The molecule has 94 valence electrons. The van der Waals surface area contributed by atoms with Crippen LogP contribution in [-0.2, 0) is 5.67 Å². The topological polar surface area (TPSA) is 55.8 Å². The molecule has 4 nitrogen and oxygen atoms in total. The maximum atomic E-state index is 13.9. The van der Waals surface area contributed by atoms with Gasteiger partial charge in [0.25, 0.3) is 0 Å². The number of carboxylic acid groups (broad SMARTS) is 1. The number of alkyl halides is 1. The maximum Gasteiger partial charge on any atom is 0.339 e. The summed E-state index contributed by atoms with van der Waals surface area (Å²) in [6.07, 6.45) is 0. The van der Waals surface area contributed by atoms with Crippen molar-refractivity contribution in [1.29, 1.82) is 0 Å². The van der Waals surface area contributed by atoms with Crippen LogP contribution >= 0.6 is 0 Å². The zero-order chi connectivity index (χ0) is 13.2. The van der Waals surface area contributed by atoms with Crippen molar-refractivity contribution in [3.05, 3.63) is 23.3 Å². The van der Waals surface area contributed by atoms with E-state index in [2.05, 4.69) is 0 Å². The average Bonchev–Trinajstić information content (AvgIpc) is 2.25. The van der Waals surface area contributed by atoms with E-state index in [4.69, 9.17) is 14.6 Å². The normalized spacial score (nSPS) is 11.1. The maximum absolute atomic E-state index is 13.9. The Morgan fingerprint density at radius 2 is 1.76 bits per heavy atom. The Morgan fingerprint density at radius 1 is 1.24 bits per heavy atom. The molecule has 17 heavy (non-hydrogen) atoms. The molecule has 1 rings (SSSR count). The average molecular weight is 242 g/mol. The van der Waals surface area contributed by atoms with Gasteiger partial charge < -0.3 is 14.6 Å². The molecule has 0 spiro atoms. The van der Waals surface area contributed by atoms with E-state index in [9.17, 15) is 9.18 Å². The lowest BCUT2D eigenvalue weighted by Crippen LogP contribution is -2.13. The van der Waals surface area contributed by atoms with Crippen LogP contribution in [0.4, 0.5) is 4.39 Å². The molecule has 0 saturated carbocycles. The van der Waals surface area contributed by atoms with Crippen LogP contribution in [0.25, 0.3) is 0 Å². The van der Waals surface area contributed by atoms with Crippen LogP contribution in [0, 0.1) is 0 Å². The lowest BCUT2D eigenvalue weighted by Gasteiger charge is -2.20. The van der Waals surface area contributed by atoms with Crippen LogP contribution in [-0.4, -0.2) is 25.3 Å². The largest absolute Gasteiger partial charge is 0.496 e. The second-order valence-electron chi connectivity index (χ2n) is 4.03. The highest BCUT2D eigenvalue weighted by Gasteiger charge is 2.27. The molecule has 0 radical (unpaired) electrons. The summed E-state index contributed by atoms with van der Waals surface area (Å²) in [5, 5.41) is 8.98. The first-order chi connectivity index (χ1) is 7.81. The van der Waals surface area contributed by atoms with Crippen molar-refractivity contribution in [1.82, 2.24) is 0 Å². The van der Waals surface area contributed by atoms with Gasteiger partial charge in [-0.1, -0.05) is 0 Å². The second kappa shape index (κ2) is 4.61. The summed E-state index contributed by atoms with van der Waals surface area (Å²) < 4.78 is 23.9. The van der Waals surface area contributed by atoms with Gasteiger partial charge in [0.05, 0.1) is 14.2 Å². The molecule has 1 aromatic rings. The van der Waals surface area contributed by atoms with Gasteiger partial charge in [0, 0.05) is 5.56 Å². The van der Waals surface area contributed by atoms with Crippen LogP contribution in [0.3, 0.4) is 0 Å². The highest BCUT2D eigenvalue weighted by molar-refractivity contribution is 5.91. The minimum absolute atomic E-state index is 0.0580. The summed E-state index contributed by atoms with van der Waals surface area (Å²) in [6, 6.07) is 2.61. The number of carbonyl (C=O) groups is 1. The van der Waals surface area contributed by atoms with Crippen LogP contribution in [0.15, 0.2) is 12.1 Å². The predicted octanol–water partition coefficient (Wildman–Crippen LogP) is 2.61. The van der Waals surface area contributed by atoms with Crippen LogP contribution in [0.1, 0.15) is 29.8 Å². The fourth-order valence-corrected chi connectivity index (χ4v) is 1.53. The highest BCUT2D eigenvalue weighted by Crippen LogP contribution is 2.37. The van der Waals surface area contributed by atoms with Crippen molar-refractivity contribution in [2.24, 2.45) is 0 Å². The van der Waals surface area contributed by atoms with Crippen molar-refractivity contribution in [2.75, 3.05) is 14.2 Å². The summed E-state index contributed by atoms with van der Waals surface area (Å²) in [5.74, 6) is -0.849. The smallest absolute Gasteiger partial charge is 0.339 e. The molecule has 0 heterocycles. The molecule has 0 aliphatic carbocycles. The van der Waals surface area contributed by atoms with Gasteiger partial charge in [-0.3, -0.25) is 0 Å². The van der Waals surface area contributed by atoms with E-state index >= 15 is 0 Å². The molecule has 0 unspecified atom stereocenters. The minimum atomic E-state index is -1.64. The van der Waals surface area contributed by atoms with E-state index in [0.29, 0.717) is 0 Å². The van der Waals surface area contributed by atoms with Gasteiger partial charge in [0.15, 0.2) is 0 Å². The lowest BCUT2D eigenvalue weighted by molar-refractivity contribution is 0.0692. The zero-order valence-electron chi connectivity index (χ0n) is 10.2. The fraction of sp³-hybridized carbons (Fsp3) is 0.417. The van der Waals surface area contributed by atoms with Gasteiger partial charge in [-0.2, -0.15) is 0 Å². The lowest BCUT2D eigenvalue weighted by atomic mass is 9.96. The second-order valence-corrected chi connectivity index (χ2v) is 4.03. The molecule has 0 saturated heterocycles. The van der Waals surface area contributed by atoms with E-state index in [1.165, 1.54) is 40.2 Å². The zero-order valence-corrected chi connectivity index (χ0v) is 10.2. The van der Waals surface area contributed by atoms with E-state index in [1.807, 2.05) is 0 Å². The quantitative estimate of drug-likeness (QED) is 0.881. The predicted molar refractivity (Wildman–Crippen MR) is 60.6 cm³/mol. The number of benzene rings is 1. The van der Waals surface area contributed by atoms with Crippen LogP contribution in [0.2, 0.25) is 0 Å². The van der Waals surface area contributed by atoms with Gasteiger partial charge in [0.2, 0.25) is 0 Å². The Kier molecular flexibility index (Phi) is 3.60. The van der Waals surface area contributed by atoms with Gasteiger partial charge in [0.1, 0.15) is 22.7 Å². The molecule has 0 aliphatic heterocycles. The number of ether oxygens (including phenoxy) is 2. The first-order valence-corrected chi connectivity index (χ1v) is 5.00. The molecule has 0 aromatic heterocycles. The first kappa shape index (κ1) is 13.3. The summed E-state index contributed by atoms with van der Waals surface area (Å²) in [4.78, 5) is 11.0. The first-order valence-electron chi connectivity index (χ1n) is 5.00. The molecule has 0 bridgehead atoms. The van der Waals surface area contributed by atoms with Crippen LogP contribution < -0.4 is 9.47 Å². The van der Waals surface area contributed by atoms with Gasteiger partial charge in [-0.25, -0.2) is 9.18 Å². The molecule has 0 amide bonds. The number of halogens is 1. The third-order valence-corrected chi connectivity index (χ3v) is 2.39. The molecule has 1 aromatic carbocycles. The Labute approximate surface area is 99.0 Å². The third-order valence-electron chi connectivity index (χ3n) is 2.39. The van der Waals surface area contributed by atoms with E-state index in [1.54, 1.807) is 0 Å². The third kappa shape index (κ3) is 2.67. The molecule has 0 aliphatic rings. The van der Waals surface area contributed by atoms with Crippen molar-refractivity contribution >= 4 is 5.97 Å². The number of methoxy groups -OCH3 is 2. The molecular weight excluding hydrogens is 227 g/mol. The van der Waals surface area contributed by atoms with Crippen LogP contribution in [0.5, 0.6) is 11.5 Å². The summed E-state index contributed by atoms with van der Waals surface area (Å²) in [7, 11) is 2.70. The van der Waals surface area contributed by atoms with Crippen molar-refractivity contribution in [3.63, 3.8) is 0 Å². The number of hydrogen-bond acceptors (Lipinski definition) is 3. The van der Waals surface area contributed by atoms with E-state index in [-0.39, 0.29) is 22.6 Å². The van der Waals surface area contributed by atoms with Crippen molar-refractivity contribution in [3.8, 4) is 11.5 Å². The Balaban J connectivity index is 3.49. The van der Waals surface area contributed by atoms with E-state index < -0.39 is 11.6 Å². The highest BCUT2D eigenvalue weighted by atomic mass is 19.1.